The molecule has 1 amide bonds. The average molecular weight is 383 g/mol. The van der Waals surface area contributed by atoms with E-state index >= 15 is 0 Å². The Hall–Kier alpha value is -2.51. The second kappa shape index (κ2) is 8.02. The van der Waals surface area contributed by atoms with Crippen LogP contribution in [-0.2, 0) is 35.5 Å². The van der Waals surface area contributed by atoms with Crippen LogP contribution in [-0.4, -0.2) is 15.9 Å². The molecule has 0 fully saturated rings. The molecule has 1 aliphatic rings. The first-order valence-corrected chi connectivity index (χ1v) is 10.0. The normalized spacial score (nSPS) is 13.5. The zero-order valence-electron chi connectivity index (χ0n) is 14.9. The fraction of sp³-hybridized carbons (Fsp3) is 0.350. The van der Waals surface area contributed by atoms with Crippen LogP contribution in [0.4, 0.5) is 0 Å². The maximum Gasteiger partial charge on any atom is 0.259 e. The Morgan fingerprint density at radius 3 is 2.89 bits per heavy atom. The summed E-state index contributed by atoms with van der Waals surface area (Å²) in [6, 6.07) is 9.62. The van der Waals surface area contributed by atoms with Gasteiger partial charge in [-0.3, -0.25) is 14.4 Å². The van der Waals surface area contributed by atoms with E-state index in [0.717, 1.165) is 35.0 Å². The van der Waals surface area contributed by atoms with Gasteiger partial charge in [-0.25, -0.2) is 10.5 Å². The number of carbonyl (C=O) groups excluding carboxylic acids is 1. The number of rotatable bonds is 6. The minimum Gasteiger partial charge on any atom is -0.310 e. The van der Waals surface area contributed by atoms with Gasteiger partial charge in [-0.1, -0.05) is 30.3 Å². The van der Waals surface area contributed by atoms with Crippen molar-refractivity contribution < 1.29 is 9.63 Å². The highest BCUT2D eigenvalue weighted by Gasteiger charge is 2.19. The molecule has 27 heavy (non-hydrogen) atoms. The minimum atomic E-state index is -0.237. The van der Waals surface area contributed by atoms with Crippen LogP contribution in [0.2, 0.25) is 0 Å². The predicted octanol–water partition coefficient (Wildman–Crippen LogP) is 3.04. The summed E-state index contributed by atoms with van der Waals surface area (Å²) in [7, 11) is 0. The molecular formula is C20H21N3O3S. The summed E-state index contributed by atoms with van der Waals surface area (Å²) in [5.41, 5.74) is 4.51. The van der Waals surface area contributed by atoms with Crippen molar-refractivity contribution in [2.45, 2.75) is 45.1 Å². The number of hydrogen-bond donors (Lipinski definition) is 2. The van der Waals surface area contributed by atoms with E-state index in [2.05, 4.69) is 15.4 Å². The lowest BCUT2D eigenvalue weighted by Crippen LogP contribution is -2.24. The summed E-state index contributed by atoms with van der Waals surface area (Å²) < 4.78 is 0. The Morgan fingerprint density at radius 1 is 1.22 bits per heavy atom. The van der Waals surface area contributed by atoms with E-state index in [-0.39, 0.29) is 17.9 Å². The van der Waals surface area contributed by atoms with Gasteiger partial charge < -0.3 is 4.98 Å². The molecule has 0 aliphatic heterocycles. The lowest BCUT2D eigenvalue weighted by atomic mass is 9.97. The van der Waals surface area contributed by atoms with Crippen molar-refractivity contribution in [1.82, 2.24) is 15.4 Å². The SMILES string of the molecule is O=C(CCc1nc2sc3c(c2c(=O)[nH]1)CCCC3)NOCc1ccccc1. The first-order chi connectivity index (χ1) is 13.2. The van der Waals surface area contributed by atoms with E-state index in [1.807, 2.05) is 30.3 Å². The third kappa shape index (κ3) is 4.09. The van der Waals surface area contributed by atoms with Crippen molar-refractivity contribution in [3.05, 3.63) is 62.5 Å². The molecule has 4 rings (SSSR count). The summed E-state index contributed by atoms with van der Waals surface area (Å²) in [5, 5.41) is 0.745. The number of H-pyrrole nitrogens is 1. The number of aromatic nitrogens is 2. The number of hydroxylamine groups is 1. The van der Waals surface area contributed by atoms with Gasteiger partial charge in [0.25, 0.3) is 5.56 Å². The standard InChI is InChI=1S/C20H21N3O3S/c24-17(23-26-12-13-6-2-1-3-7-13)11-10-16-21-19(25)18-14-8-4-5-9-15(14)27-20(18)22-16/h1-3,6-7H,4-5,8-12H2,(H,23,24)(H,21,22,25). The van der Waals surface area contributed by atoms with Crippen LogP contribution in [0.15, 0.2) is 35.1 Å². The summed E-state index contributed by atoms with van der Waals surface area (Å²) in [6.07, 6.45) is 4.87. The second-order valence-corrected chi connectivity index (χ2v) is 7.79. The smallest absolute Gasteiger partial charge is 0.259 e. The molecule has 3 aromatic rings. The number of benzene rings is 1. The van der Waals surface area contributed by atoms with E-state index < -0.39 is 0 Å². The van der Waals surface area contributed by atoms with Crippen LogP contribution in [0.5, 0.6) is 0 Å². The van der Waals surface area contributed by atoms with Crippen LogP contribution < -0.4 is 11.0 Å². The number of carbonyl (C=O) groups is 1. The number of aromatic amines is 1. The number of amides is 1. The summed E-state index contributed by atoms with van der Waals surface area (Å²) >= 11 is 1.62. The van der Waals surface area contributed by atoms with E-state index in [1.54, 1.807) is 11.3 Å². The molecule has 0 bridgehead atoms. The molecule has 0 saturated heterocycles. The van der Waals surface area contributed by atoms with Crippen molar-refractivity contribution in [3.8, 4) is 0 Å². The third-order valence-corrected chi connectivity index (χ3v) is 5.92. The highest BCUT2D eigenvalue weighted by atomic mass is 32.1. The van der Waals surface area contributed by atoms with Gasteiger partial charge in [0.05, 0.1) is 12.0 Å². The zero-order chi connectivity index (χ0) is 18.6. The monoisotopic (exact) mass is 383 g/mol. The van der Waals surface area contributed by atoms with Crippen molar-refractivity contribution >= 4 is 27.5 Å². The Morgan fingerprint density at radius 2 is 2.04 bits per heavy atom. The van der Waals surface area contributed by atoms with Crippen molar-refractivity contribution in [3.63, 3.8) is 0 Å². The van der Waals surface area contributed by atoms with Gasteiger partial charge in [-0.05, 0) is 36.8 Å². The number of fused-ring (bicyclic) bond motifs is 3. The quantitative estimate of drug-likeness (QED) is 0.641. The minimum absolute atomic E-state index is 0.0878. The molecule has 2 aromatic heterocycles. The Kier molecular flexibility index (Phi) is 5.31. The highest BCUT2D eigenvalue weighted by molar-refractivity contribution is 7.18. The summed E-state index contributed by atoms with van der Waals surface area (Å²) in [5.74, 6) is 0.309. The number of nitrogens with zero attached hydrogens (tertiary/aromatic N) is 1. The molecule has 0 atom stereocenters. The number of thiophene rings is 1. The summed E-state index contributed by atoms with van der Waals surface area (Å²) in [6.45, 7) is 0.314. The molecule has 6 nitrogen and oxygen atoms in total. The van der Waals surface area contributed by atoms with Gasteiger partial charge in [0, 0.05) is 17.7 Å². The molecule has 1 aromatic carbocycles. The molecule has 2 N–H and O–H groups in total. The van der Waals surface area contributed by atoms with Gasteiger partial charge in [0.1, 0.15) is 10.7 Å². The number of nitrogens with one attached hydrogen (secondary N) is 2. The topological polar surface area (TPSA) is 84.1 Å². The molecule has 0 saturated carbocycles. The van der Waals surface area contributed by atoms with Gasteiger partial charge >= 0.3 is 0 Å². The van der Waals surface area contributed by atoms with Gasteiger partial charge in [0.15, 0.2) is 0 Å². The molecular weight excluding hydrogens is 362 g/mol. The fourth-order valence-electron chi connectivity index (χ4n) is 3.38. The zero-order valence-corrected chi connectivity index (χ0v) is 15.7. The maximum absolute atomic E-state index is 12.5. The van der Waals surface area contributed by atoms with Crippen molar-refractivity contribution in [2.24, 2.45) is 0 Å². The number of aryl methyl sites for hydroxylation is 3. The van der Waals surface area contributed by atoms with E-state index in [4.69, 9.17) is 4.84 Å². The van der Waals surface area contributed by atoms with E-state index in [1.165, 1.54) is 16.9 Å². The molecule has 0 radical (unpaired) electrons. The van der Waals surface area contributed by atoms with Crippen LogP contribution in [0.1, 0.15) is 41.1 Å². The van der Waals surface area contributed by atoms with Crippen LogP contribution in [0.25, 0.3) is 10.2 Å². The number of hydrogen-bond acceptors (Lipinski definition) is 5. The fourth-order valence-corrected chi connectivity index (χ4v) is 4.66. The predicted molar refractivity (Wildman–Crippen MR) is 105 cm³/mol. The first-order valence-electron chi connectivity index (χ1n) is 9.18. The largest absolute Gasteiger partial charge is 0.310 e. The summed E-state index contributed by atoms with van der Waals surface area (Å²) in [4.78, 5) is 39.2. The Labute approximate surface area is 160 Å². The van der Waals surface area contributed by atoms with Crippen molar-refractivity contribution in [2.75, 3.05) is 0 Å². The van der Waals surface area contributed by atoms with E-state index in [0.29, 0.717) is 18.9 Å². The highest BCUT2D eigenvalue weighted by Crippen LogP contribution is 2.33. The van der Waals surface area contributed by atoms with E-state index in [9.17, 15) is 9.59 Å². The van der Waals surface area contributed by atoms with Gasteiger partial charge in [0.2, 0.25) is 5.91 Å². The van der Waals surface area contributed by atoms with Gasteiger partial charge in [-0.2, -0.15) is 0 Å². The van der Waals surface area contributed by atoms with Crippen LogP contribution in [0, 0.1) is 0 Å². The average Bonchev–Trinajstić information content (AvgIpc) is 3.06. The lowest BCUT2D eigenvalue weighted by molar-refractivity contribution is -0.134. The second-order valence-electron chi connectivity index (χ2n) is 6.70. The molecule has 2 heterocycles. The van der Waals surface area contributed by atoms with Crippen LogP contribution in [0.3, 0.4) is 0 Å². The molecule has 0 unspecified atom stereocenters. The van der Waals surface area contributed by atoms with Crippen LogP contribution >= 0.6 is 11.3 Å². The molecule has 0 spiro atoms. The van der Waals surface area contributed by atoms with Gasteiger partial charge in [-0.15, -0.1) is 11.3 Å². The molecule has 1 aliphatic carbocycles. The molecule has 7 heteroatoms. The first kappa shape index (κ1) is 17.9. The molecule has 140 valence electrons. The Bertz CT molecular complexity index is 1010. The van der Waals surface area contributed by atoms with Crippen molar-refractivity contribution in [1.29, 1.82) is 0 Å². The lowest BCUT2D eigenvalue weighted by Gasteiger charge is -2.09. The Balaban J connectivity index is 1.36. The third-order valence-electron chi connectivity index (χ3n) is 4.73. The maximum atomic E-state index is 12.5.